The fourth-order valence-electron chi connectivity index (χ4n) is 2.24. The lowest BCUT2D eigenvalue weighted by Gasteiger charge is -2.07. The van der Waals surface area contributed by atoms with Gasteiger partial charge in [0.05, 0.1) is 0 Å². The Balaban J connectivity index is 1.59. The average Bonchev–Trinajstić information content (AvgIpc) is 2.95. The van der Waals surface area contributed by atoms with Crippen molar-refractivity contribution in [1.82, 2.24) is 5.32 Å². The molecule has 21 heavy (non-hydrogen) atoms. The Morgan fingerprint density at radius 1 is 1.05 bits per heavy atom. The van der Waals surface area contributed by atoms with Gasteiger partial charge in [0.25, 0.3) is 0 Å². The van der Waals surface area contributed by atoms with Gasteiger partial charge in [-0.25, -0.2) is 0 Å². The highest BCUT2D eigenvalue weighted by Gasteiger charge is 2.12. The highest BCUT2D eigenvalue weighted by molar-refractivity contribution is 5.92. The highest BCUT2D eigenvalue weighted by atomic mass is 16.7. The topological polar surface area (TPSA) is 73.6 Å². The van der Waals surface area contributed by atoms with Crippen molar-refractivity contribution in [3.8, 4) is 11.5 Å². The molecule has 1 aliphatic heterocycles. The van der Waals surface area contributed by atoms with E-state index in [-0.39, 0.29) is 6.79 Å². The molecule has 0 aromatic heterocycles. The van der Waals surface area contributed by atoms with Crippen LogP contribution >= 0.6 is 0 Å². The van der Waals surface area contributed by atoms with Crippen LogP contribution in [0.2, 0.25) is 0 Å². The second-order valence-corrected chi connectivity index (χ2v) is 4.86. The van der Waals surface area contributed by atoms with Crippen LogP contribution in [0.3, 0.4) is 0 Å². The van der Waals surface area contributed by atoms with Gasteiger partial charge in [-0.2, -0.15) is 0 Å². The van der Waals surface area contributed by atoms with Gasteiger partial charge in [-0.3, -0.25) is 4.79 Å². The van der Waals surface area contributed by atoms with Gasteiger partial charge in [0.1, 0.15) is 0 Å². The molecule has 0 bridgehead atoms. The molecule has 3 N–H and O–H groups in total. The Morgan fingerprint density at radius 2 is 1.81 bits per heavy atom. The number of carbonyl (C=O) groups excluding carboxylic acids is 1. The predicted molar refractivity (Wildman–Crippen MR) is 78.1 cm³/mol. The quantitative estimate of drug-likeness (QED) is 0.878. The fraction of sp³-hybridized carbons (Fsp3) is 0.188. The Hall–Kier alpha value is -2.53. The largest absolute Gasteiger partial charge is 0.454 e. The molecule has 0 saturated heterocycles. The highest BCUT2D eigenvalue weighted by Crippen LogP contribution is 2.32. The number of fused-ring (bicyclic) bond motifs is 1. The fourth-order valence-corrected chi connectivity index (χ4v) is 2.24. The molecule has 0 aliphatic carbocycles. The minimum Gasteiger partial charge on any atom is -0.454 e. The van der Waals surface area contributed by atoms with Gasteiger partial charge in [0, 0.05) is 18.7 Å². The summed E-state index contributed by atoms with van der Waals surface area (Å²) in [6, 6.07) is 13.2. The van der Waals surface area contributed by atoms with E-state index in [4.69, 9.17) is 15.2 Å². The molecule has 3 rings (SSSR count). The number of rotatable bonds is 5. The molecule has 2 aromatic carbocycles. The summed E-state index contributed by atoms with van der Waals surface area (Å²) >= 11 is 0. The molecule has 0 radical (unpaired) electrons. The molecule has 1 heterocycles. The lowest BCUT2D eigenvalue weighted by molar-refractivity contribution is 0.1000. The third kappa shape index (κ3) is 3.14. The summed E-state index contributed by atoms with van der Waals surface area (Å²) in [7, 11) is 0. The van der Waals surface area contributed by atoms with E-state index in [1.165, 1.54) is 0 Å². The maximum atomic E-state index is 11.1. The number of carbonyl (C=O) groups is 1. The van der Waals surface area contributed by atoms with Crippen molar-refractivity contribution in [2.24, 2.45) is 5.73 Å². The molecule has 0 saturated carbocycles. The van der Waals surface area contributed by atoms with E-state index in [1.54, 1.807) is 12.1 Å². The van der Waals surface area contributed by atoms with Crippen LogP contribution in [0, 0.1) is 0 Å². The van der Waals surface area contributed by atoms with Crippen molar-refractivity contribution in [3.63, 3.8) is 0 Å². The SMILES string of the molecule is NC(=O)c1cccc(CNCc2ccc3c(c2)OCO3)c1. The molecule has 1 aliphatic rings. The monoisotopic (exact) mass is 284 g/mol. The second-order valence-electron chi connectivity index (χ2n) is 4.86. The van der Waals surface area contributed by atoms with E-state index in [2.05, 4.69) is 5.32 Å². The Bertz CT molecular complexity index is 670. The third-order valence-corrected chi connectivity index (χ3v) is 3.31. The molecular formula is C16H16N2O3. The lowest BCUT2D eigenvalue weighted by atomic mass is 10.1. The van der Waals surface area contributed by atoms with Crippen LogP contribution < -0.4 is 20.5 Å². The van der Waals surface area contributed by atoms with Crippen molar-refractivity contribution in [1.29, 1.82) is 0 Å². The summed E-state index contributed by atoms with van der Waals surface area (Å²) in [6.07, 6.45) is 0. The van der Waals surface area contributed by atoms with Crippen LogP contribution in [-0.2, 0) is 13.1 Å². The summed E-state index contributed by atoms with van der Waals surface area (Å²) in [5, 5.41) is 3.33. The van der Waals surface area contributed by atoms with E-state index in [0.717, 1.165) is 22.6 Å². The first-order chi connectivity index (χ1) is 10.2. The van der Waals surface area contributed by atoms with Gasteiger partial charge in [-0.1, -0.05) is 18.2 Å². The van der Waals surface area contributed by atoms with Crippen LogP contribution in [0.1, 0.15) is 21.5 Å². The summed E-state index contributed by atoms with van der Waals surface area (Å²) in [5.74, 6) is 1.16. The van der Waals surface area contributed by atoms with E-state index in [0.29, 0.717) is 18.7 Å². The molecule has 0 unspecified atom stereocenters. The maximum absolute atomic E-state index is 11.1. The lowest BCUT2D eigenvalue weighted by Crippen LogP contribution is -2.14. The Morgan fingerprint density at radius 3 is 2.62 bits per heavy atom. The summed E-state index contributed by atoms with van der Waals surface area (Å²) in [6.45, 7) is 1.65. The number of nitrogens with two attached hydrogens (primary N) is 1. The summed E-state index contributed by atoms with van der Waals surface area (Å²) in [5.41, 5.74) is 7.93. The van der Waals surface area contributed by atoms with E-state index < -0.39 is 5.91 Å². The van der Waals surface area contributed by atoms with Gasteiger partial charge in [-0.05, 0) is 35.4 Å². The first-order valence-electron chi connectivity index (χ1n) is 6.70. The first-order valence-corrected chi connectivity index (χ1v) is 6.70. The normalized spacial score (nSPS) is 12.4. The van der Waals surface area contributed by atoms with Crippen molar-refractivity contribution in [2.75, 3.05) is 6.79 Å². The van der Waals surface area contributed by atoms with E-state index >= 15 is 0 Å². The average molecular weight is 284 g/mol. The predicted octanol–water partition coefficient (Wildman–Crippen LogP) is 1.80. The minimum absolute atomic E-state index is 0.284. The van der Waals surface area contributed by atoms with E-state index in [1.807, 2.05) is 30.3 Å². The number of hydrogen-bond acceptors (Lipinski definition) is 4. The zero-order valence-electron chi connectivity index (χ0n) is 11.5. The maximum Gasteiger partial charge on any atom is 0.248 e. The van der Waals surface area contributed by atoms with Gasteiger partial charge in [0.2, 0.25) is 12.7 Å². The Kier molecular flexibility index (Phi) is 3.75. The van der Waals surface area contributed by atoms with Crippen molar-refractivity contribution in [3.05, 3.63) is 59.2 Å². The van der Waals surface area contributed by atoms with Crippen molar-refractivity contribution < 1.29 is 14.3 Å². The standard InChI is InChI=1S/C16H16N2O3/c17-16(19)13-3-1-2-11(6-13)8-18-9-12-4-5-14-15(7-12)21-10-20-14/h1-7,18H,8-10H2,(H2,17,19). The summed E-state index contributed by atoms with van der Waals surface area (Å²) < 4.78 is 10.6. The number of nitrogens with one attached hydrogen (secondary N) is 1. The minimum atomic E-state index is -0.410. The summed E-state index contributed by atoms with van der Waals surface area (Å²) in [4.78, 5) is 11.1. The van der Waals surface area contributed by atoms with Crippen molar-refractivity contribution in [2.45, 2.75) is 13.1 Å². The van der Waals surface area contributed by atoms with Crippen LogP contribution in [0.25, 0.3) is 0 Å². The molecule has 5 nitrogen and oxygen atoms in total. The van der Waals surface area contributed by atoms with Crippen LogP contribution in [0.5, 0.6) is 11.5 Å². The smallest absolute Gasteiger partial charge is 0.248 e. The molecule has 0 fully saturated rings. The third-order valence-electron chi connectivity index (χ3n) is 3.31. The van der Waals surface area contributed by atoms with E-state index in [9.17, 15) is 4.79 Å². The van der Waals surface area contributed by atoms with Crippen LogP contribution in [0.4, 0.5) is 0 Å². The molecule has 5 heteroatoms. The first kappa shape index (κ1) is 13.5. The van der Waals surface area contributed by atoms with Crippen molar-refractivity contribution >= 4 is 5.91 Å². The number of hydrogen-bond donors (Lipinski definition) is 2. The zero-order chi connectivity index (χ0) is 14.7. The number of ether oxygens (including phenoxy) is 2. The van der Waals surface area contributed by atoms with Gasteiger partial charge >= 0.3 is 0 Å². The van der Waals surface area contributed by atoms with Gasteiger partial charge in [0.15, 0.2) is 11.5 Å². The number of primary amides is 1. The molecule has 108 valence electrons. The zero-order valence-corrected chi connectivity index (χ0v) is 11.5. The molecule has 2 aromatic rings. The van der Waals surface area contributed by atoms with Crippen LogP contribution in [-0.4, -0.2) is 12.7 Å². The van der Waals surface area contributed by atoms with Crippen LogP contribution in [0.15, 0.2) is 42.5 Å². The molecular weight excluding hydrogens is 268 g/mol. The van der Waals surface area contributed by atoms with Gasteiger partial charge < -0.3 is 20.5 Å². The second kappa shape index (κ2) is 5.85. The molecule has 0 spiro atoms. The molecule has 1 amide bonds. The molecule has 0 atom stereocenters. The number of benzene rings is 2. The Labute approximate surface area is 122 Å². The number of amides is 1. The van der Waals surface area contributed by atoms with Gasteiger partial charge in [-0.15, -0.1) is 0 Å².